The van der Waals surface area contributed by atoms with Crippen LogP contribution >= 0.6 is 0 Å². The first-order chi connectivity index (χ1) is 15.4. The first-order valence-electron chi connectivity index (χ1n) is 9.92. The van der Waals surface area contributed by atoms with Gasteiger partial charge >= 0.3 is 0 Å². The molecule has 10 heteroatoms. The highest BCUT2D eigenvalue weighted by Gasteiger charge is 2.19. The molecule has 0 fully saturated rings. The van der Waals surface area contributed by atoms with Crippen LogP contribution in [0, 0.1) is 5.82 Å². The molecule has 1 aromatic carbocycles. The van der Waals surface area contributed by atoms with Crippen molar-refractivity contribution < 1.29 is 9.18 Å². The van der Waals surface area contributed by atoms with Crippen molar-refractivity contribution in [2.45, 2.75) is 0 Å². The molecule has 1 aliphatic rings. The molecule has 1 aliphatic heterocycles. The number of amides is 1. The summed E-state index contributed by atoms with van der Waals surface area (Å²) in [6, 6.07) is 4.26. The number of nitrogens with zero attached hydrogens (tertiary/aromatic N) is 5. The SMILES string of the molecule is C=CC(=O)Nc1ccc(F)c(Nc2nc(Nc3cnn(C)c3)ncc2C2=CCN(C)C2)c1. The number of benzene rings is 1. The van der Waals surface area contributed by atoms with E-state index in [0.717, 1.165) is 36.0 Å². The monoisotopic (exact) mass is 434 g/mol. The minimum absolute atomic E-state index is 0.172. The number of halogens is 1. The highest BCUT2D eigenvalue weighted by atomic mass is 19.1. The van der Waals surface area contributed by atoms with Crippen LogP contribution in [0.4, 0.5) is 33.2 Å². The van der Waals surface area contributed by atoms with Gasteiger partial charge in [-0.1, -0.05) is 12.7 Å². The van der Waals surface area contributed by atoms with E-state index in [0.29, 0.717) is 17.5 Å². The maximum absolute atomic E-state index is 14.6. The van der Waals surface area contributed by atoms with Crippen molar-refractivity contribution in [3.05, 3.63) is 66.9 Å². The molecule has 9 nitrogen and oxygen atoms in total. The smallest absolute Gasteiger partial charge is 0.247 e. The van der Waals surface area contributed by atoms with Crippen molar-refractivity contribution in [3.8, 4) is 0 Å². The number of carbonyl (C=O) groups is 1. The average Bonchev–Trinajstić information content (AvgIpc) is 3.38. The van der Waals surface area contributed by atoms with Gasteiger partial charge < -0.3 is 16.0 Å². The Morgan fingerprint density at radius 2 is 2.06 bits per heavy atom. The Balaban J connectivity index is 1.68. The van der Waals surface area contributed by atoms with Crippen LogP contribution in [-0.2, 0) is 11.8 Å². The summed E-state index contributed by atoms with van der Waals surface area (Å²) in [6.07, 6.45) is 8.41. The first kappa shape index (κ1) is 21.2. The third-order valence-corrected chi connectivity index (χ3v) is 4.86. The van der Waals surface area contributed by atoms with Gasteiger partial charge in [0.05, 0.1) is 17.6 Å². The fraction of sp³-hybridized carbons (Fsp3) is 0.182. The summed E-state index contributed by atoms with van der Waals surface area (Å²) >= 11 is 0. The summed E-state index contributed by atoms with van der Waals surface area (Å²) < 4.78 is 16.3. The molecule has 32 heavy (non-hydrogen) atoms. The van der Waals surface area contributed by atoms with E-state index in [4.69, 9.17) is 0 Å². The Bertz CT molecular complexity index is 1200. The van der Waals surface area contributed by atoms with Gasteiger partial charge in [-0.3, -0.25) is 14.4 Å². The van der Waals surface area contributed by atoms with Crippen LogP contribution in [0.2, 0.25) is 0 Å². The largest absolute Gasteiger partial charge is 0.337 e. The van der Waals surface area contributed by atoms with Gasteiger partial charge in [0.15, 0.2) is 0 Å². The van der Waals surface area contributed by atoms with E-state index in [2.05, 4.69) is 48.6 Å². The van der Waals surface area contributed by atoms with Gasteiger partial charge in [0.1, 0.15) is 11.6 Å². The van der Waals surface area contributed by atoms with Gasteiger partial charge in [-0.15, -0.1) is 0 Å². The van der Waals surface area contributed by atoms with E-state index in [-0.39, 0.29) is 11.6 Å². The molecule has 4 rings (SSSR count). The maximum Gasteiger partial charge on any atom is 0.247 e. The third kappa shape index (κ3) is 4.81. The van der Waals surface area contributed by atoms with Gasteiger partial charge in [0, 0.05) is 43.8 Å². The topological polar surface area (TPSA) is 100 Å². The van der Waals surface area contributed by atoms with Crippen LogP contribution in [0.1, 0.15) is 5.56 Å². The van der Waals surface area contributed by atoms with Crippen molar-refractivity contribution in [1.29, 1.82) is 0 Å². The molecular formula is C22H23FN8O. The molecule has 0 aliphatic carbocycles. The number of hydrogen-bond acceptors (Lipinski definition) is 7. The molecule has 0 saturated carbocycles. The van der Waals surface area contributed by atoms with E-state index < -0.39 is 5.82 Å². The number of carbonyl (C=O) groups excluding carboxylic acids is 1. The first-order valence-corrected chi connectivity index (χ1v) is 9.92. The summed E-state index contributed by atoms with van der Waals surface area (Å²) in [6.45, 7) is 4.97. The lowest BCUT2D eigenvalue weighted by molar-refractivity contribution is -0.111. The molecule has 0 radical (unpaired) electrons. The third-order valence-electron chi connectivity index (χ3n) is 4.86. The number of hydrogen-bond donors (Lipinski definition) is 3. The van der Waals surface area contributed by atoms with Crippen LogP contribution in [0.3, 0.4) is 0 Å². The number of nitrogens with one attached hydrogen (secondary N) is 3. The number of anilines is 5. The Hall–Kier alpha value is -4.05. The normalized spacial score (nSPS) is 13.5. The summed E-state index contributed by atoms with van der Waals surface area (Å²) in [7, 11) is 3.83. The second-order valence-electron chi connectivity index (χ2n) is 7.42. The van der Waals surface area contributed by atoms with E-state index in [1.807, 2.05) is 14.1 Å². The van der Waals surface area contributed by atoms with E-state index in [9.17, 15) is 9.18 Å². The van der Waals surface area contributed by atoms with Gasteiger partial charge in [0.2, 0.25) is 11.9 Å². The lowest BCUT2D eigenvalue weighted by atomic mass is 10.1. The van der Waals surface area contributed by atoms with Crippen LogP contribution < -0.4 is 16.0 Å². The van der Waals surface area contributed by atoms with Crippen molar-refractivity contribution in [3.63, 3.8) is 0 Å². The molecule has 3 aromatic rings. The van der Waals surface area contributed by atoms with Crippen molar-refractivity contribution in [1.82, 2.24) is 24.6 Å². The van der Waals surface area contributed by atoms with Crippen molar-refractivity contribution in [2.75, 3.05) is 36.1 Å². The molecule has 0 bridgehead atoms. The highest BCUT2D eigenvalue weighted by Crippen LogP contribution is 2.31. The van der Waals surface area contributed by atoms with E-state index in [1.165, 1.54) is 18.2 Å². The second kappa shape index (κ2) is 8.98. The minimum Gasteiger partial charge on any atom is -0.337 e. The molecule has 0 spiro atoms. The zero-order valence-electron chi connectivity index (χ0n) is 17.8. The van der Waals surface area contributed by atoms with Crippen LogP contribution in [0.25, 0.3) is 5.57 Å². The van der Waals surface area contributed by atoms with E-state index in [1.54, 1.807) is 23.3 Å². The quantitative estimate of drug-likeness (QED) is 0.491. The Labute approximate surface area is 184 Å². The Kier molecular flexibility index (Phi) is 5.95. The standard InChI is InChI=1S/C22H23FN8O/c1-4-20(32)26-15-5-6-18(23)19(9-15)28-21-17(14-7-8-30(2)12-14)11-24-22(29-21)27-16-10-25-31(3)13-16/h4-7,9-11,13H,1,8,12H2,2-3H3,(H,26,32)(H2,24,27,28,29). The summed E-state index contributed by atoms with van der Waals surface area (Å²) in [5.74, 6) is -0.0791. The number of likely N-dealkylation sites (N-methyl/N-ethyl adjacent to an activating group) is 1. The second-order valence-corrected chi connectivity index (χ2v) is 7.42. The van der Waals surface area contributed by atoms with Crippen LogP contribution in [0.5, 0.6) is 0 Å². The molecule has 3 N–H and O–H groups in total. The summed E-state index contributed by atoms with van der Waals surface area (Å²) in [5, 5.41) is 12.9. The van der Waals surface area contributed by atoms with Crippen molar-refractivity contribution >= 4 is 40.3 Å². The van der Waals surface area contributed by atoms with Gasteiger partial charge in [-0.2, -0.15) is 10.1 Å². The minimum atomic E-state index is -0.481. The van der Waals surface area contributed by atoms with Gasteiger partial charge in [-0.05, 0) is 36.9 Å². The maximum atomic E-state index is 14.6. The highest BCUT2D eigenvalue weighted by molar-refractivity contribution is 5.99. The zero-order chi connectivity index (χ0) is 22.7. The lowest BCUT2D eigenvalue weighted by Crippen LogP contribution is -2.14. The molecule has 2 aromatic heterocycles. The van der Waals surface area contributed by atoms with Crippen molar-refractivity contribution in [2.24, 2.45) is 7.05 Å². The fourth-order valence-corrected chi connectivity index (χ4v) is 3.29. The summed E-state index contributed by atoms with van der Waals surface area (Å²) in [4.78, 5) is 22.8. The molecule has 3 heterocycles. The fourth-order valence-electron chi connectivity index (χ4n) is 3.29. The Morgan fingerprint density at radius 3 is 2.75 bits per heavy atom. The average molecular weight is 434 g/mol. The molecule has 0 saturated heterocycles. The molecule has 0 atom stereocenters. The zero-order valence-corrected chi connectivity index (χ0v) is 17.8. The predicted octanol–water partition coefficient (Wildman–Crippen LogP) is 3.29. The molecule has 1 amide bonds. The van der Waals surface area contributed by atoms with E-state index >= 15 is 0 Å². The lowest BCUT2D eigenvalue weighted by Gasteiger charge is -2.15. The molecule has 164 valence electrons. The van der Waals surface area contributed by atoms with Gasteiger partial charge in [0.25, 0.3) is 0 Å². The molecular weight excluding hydrogens is 411 g/mol. The van der Waals surface area contributed by atoms with Gasteiger partial charge in [-0.25, -0.2) is 9.37 Å². The number of aromatic nitrogens is 4. The Morgan fingerprint density at radius 1 is 1.22 bits per heavy atom. The summed E-state index contributed by atoms with van der Waals surface area (Å²) in [5.41, 5.74) is 3.14. The van der Waals surface area contributed by atoms with Crippen LogP contribution in [0.15, 0.2) is 55.5 Å². The predicted molar refractivity (Wildman–Crippen MR) is 123 cm³/mol. The number of aryl methyl sites for hydroxylation is 1. The molecule has 0 unspecified atom stereocenters. The number of rotatable bonds is 7. The van der Waals surface area contributed by atoms with Crippen LogP contribution in [-0.4, -0.2) is 50.7 Å².